The molecule has 0 aromatic rings. The molecule has 0 bridgehead atoms. The Morgan fingerprint density at radius 3 is 1.79 bits per heavy atom. The van der Waals surface area contributed by atoms with Gasteiger partial charge in [-0.1, -0.05) is 58.3 Å². The summed E-state index contributed by atoms with van der Waals surface area (Å²) >= 11 is 0. The van der Waals surface area contributed by atoms with Gasteiger partial charge in [-0.2, -0.15) is 0 Å². The number of amides is 1. The first-order valence-electron chi connectivity index (χ1n) is 7.65. The van der Waals surface area contributed by atoms with Crippen LogP contribution < -0.4 is 11.5 Å². The second-order valence-electron chi connectivity index (χ2n) is 5.24. The molecule has 0 aliphatic rings. The number of rotatable bonds is 13. The maximum atomic E-state index is 11.6. The number of carbonyl (C=O) groups is 2. The number of Topliss-reactive ketones (excluding diaryl/α,β-unsaturated/α-hetero) is 1. The Morgan fingerprint density at radius 2 is 1.37 bits per heavy atom. The van der Waals surface area contributed by atoms with Crippen molar-refractivity contribution in [2.75, 3.05) is 6.54 Å². The molecule has 4 N–H and O–H groups in total. The molecule has 0 fully saturated rings. The fourth-order valence-electron chi connectivity index (χ4n) is 2.19. The Bertz CT molecular complexity index is 255. The van der Waals surface area contributed by atoms with Crippen LogP contribution in [0.1, 0.15) is 71.1 Å². The second kappa shape index (κ2) is 12.2. The van der Waals surface area contributed by atoms with Gasteiger partial charge in [-0.05, 0) is 6.42 Å². The molecule has 0 aromatic heterocycles. The third-order valence-electron chi connectivity index (χ3n) is 3.49. The van der Waals surface area contributed by atoms with Gasteiger partial charge in [-0.3, -0.25) is 9.59 Å². The van der Waals surface area contributed by atoms with Gasteiger partial charge in [0.2, 0.25) is 5.91 Å². The summed E-state index contributed by atoms with van der Waals surface area (Å²) in [7, 11) is 0. The van der Waals surface area contributed by atoms with Crippen LogP contribution >= 0.6 is 0 Å². The van der Waals surface area contributed by atoms with Crippen LogP contribution in [0.25, 0.3) is 0 Å². The van der Waals surface area contributed by atoms with E-state index in [-0.39, 0.29) is 12.3 Å². The molecule has 1 atom stereocenters. The summed E-state index contributed by atoms with van der Waals surface area (Å²) in [4.78, 5) is 22.6. The molecule has 0 radical (unpaired) electrons. The van der Waals surface area contributed by atoms with Gasteiger partial charge in [0.25, 0.3) is 0 Å². The molecule has 0 saturated carbocycles. The zero-order valence-electron chi connectivity index (χ0n) is 12.3. The third kappa shape index (κ3) is 9.65. The van der Waals surface area contributed by atoms with E-state index in [2.05, 4.69) is 6.92 Å². The van der Waals surface area contributed by atoms with Crippen LogP contribution in [0.3, 0.4) is 0 Å². The van der Waals surface area contributed by atoms with E-state index < -0.39 is 11.8 Å². The summed E-state index contributed by atoms with van der Waals surface area (Å²) in [5.74, 6) is -1.48. The topological polar surface area (TPSA) is 86.2 Å². The first kappa shape index (κ1) is 18.1. The van der Waals surface area contributed by atoms with Crippen molar-refractivity contribution in [2.45, 2.75) is 71.1 Å². The predicted molar refractivity (Wildman–Crippen MR) is 78.6 cm³/mol. The lowest BCUT2D eigenvalue weighted by Gasteiger charge is -2.09. The molecule has 4 heteroatoms. The van der Waals surface area contributed by atoms with Gasteiger partial charge in [0.1, 0.15) is 11.7 Å². The van der Waals surface area contributed by atoms with E-state index >= 15 is 0 Å². The molecule has 0 saturated heterocycles. The molecule has 19 heavy (non-hydrogen) atoms. The Morgan fingerprint density at radius 1 is 0.895 bits per heavy atom. The van der Waals surface area contributed by atoms with E-state index in [4.69, 9.17) is 11.5 Å². The lowest BCUT2D eigenvalue weighted by Crippen LogP contribution is -2.36. The van der Waals surface area contributed by atoms with Crippen LogP contribution in [0.4, 0.5) is 0 Å². The average Bonchev–Trinajstić information content (AvgIpc) is 2.37. The van der Waals surface area contributed by atoms with Gasteiger partial charge in [-0.25, -0.2) is 0 Å². The summed E-state index contributed by atoms with van der Waals surface area (Å²) in [6.45, 7) is 2.25. The van der Waals surface area contributed by atoms with Crippen molar-refractivity contribution in [2.24, 2.45) is 17.4 Å². The molecule has 0 heterocycles. The molecule has 0 spiro atoms. The maximum absolute atomic E-state index is 11.6. The van der Waals surface area contributed by atoms with Crippen LogP contribution in [0, 0.1) is 5.92 Å². The lowest BCUT2D eigenvalue weighted by molar-refractivity contribution is -0.131. The number of unbranched alkanes of at least 4 members (excludes halogenated alkanes) is 8. The van der Waals surface area contributed by atoms with Gasteiger partial charge in [0.15, 0.2) is 0 Å². The van der Waals surface area contributed by atoms with Crippen molar-refractivity contribution >= 4 is 11.7 Å². The number of hydrogen-bond acceptors (Lipinski definition) is 3. The monoisotopic (exact) mass is 270 g/mol. The first-order valence-corrected chi connectivity index (χ1v) is 7.65. The van der Waals surface area contributed by atoms with Gasteiger partial charge < -0.3 is 11.5 Å². The van der Waals surface area contributed by atoms with Crippen molar-refractivity contribution in [1.29, 1.82) is 0 Å². The van der Waals surface area contributed by atoms with Crippen molar-refractivity contribution in [1.82, 2.24) is 0 Å². The molecule has 1 amide bonds. The molecule has 0 rings (SSSR count). The van der Waals surface area contributed by atoms with E-state index in [0.717, 1.165) is 12.8 Å². The molecule has 0 aliphatic heterocycles. The smallest absolute Gasteiger partial charge is 0.229 e. The van der Waals surface area contributed by atoms with Crippen molar-refractivity contribution < 1.29 is 9.59 Å². The summed E-state index contributed by atoms with van der Waals surface area (Å²) in [6.07, 6.45) is 11.3. The van der Waals surface area contributed by atoms with Crippen molar-refractivity contribution in [3.05, 3.63) is 0 Å². The number of primary amides is 1. The van der Waals surface area contributed by atoms with Crippen molar-refractivity contribution in [3.8, 4) is 0 Å². The van der Waals surface area contributed by atoms with Gasteiger partial charge in [0, 0.05) is 13.0 Å². The first-order chi connectivity index (χ1) is 9.13. The number of hydrogen-bond donors (Lipinski definition) is 2. The molecule has 1 unspecified atom stereocenters. The highest BCUT2D eigenvalue weighted by Crippen LogP contribution is 2.11. The Labute approximate surface area is 117 Å². The second-order valence-corrected chi connectivity index (χ2v) is 5.24. The van der Waals surface area contributed by atoms with Crippen LogP contribution in [-0.2, 0) is 9.59 Å². The minimum Gasteiger partial charge on any atom is -0.369 e. The van der Waals surface area contributed by atoms with Crippen LogP contribution in [-0.4, -0.2) is 18.2 Å². The van der Waals surface area contributed by atoms with E-state index in [1.54, 1.807) is 0 Å². The lowest BCUT2D eigenvalue weighted by atomic mass is 9.98. The van der Waals surface area contributed by atoms with E-state index in [9.17, 15) is 9.59 Å². The van der Waals surface area contributed by atoms with Gasteiger partial charge in [-0.15, -0.1) is 0 Å². The SMILES string of the molecule is CCCCCCCCCCCC(=O)C(CN)C(N)=O. The van der Waals surface area contributed by atoms with Gasteiger partial charge >= 0.3 is 0 Å². The number of carbonyl (C=O) groups excluding carboxylic acids is 2. The van der Waals surface area contributed by atoms with E-state index in [1.807, 2.05) is 0 Å². The number of ketones is 1. The highest BCUT2D eigenvalue weighted by molar-refractivity contribution is 6.00. The predicted octanol–water partition coefficient (Wildman–Crippen LogP) is 2.54. The zero-order valence-corrected chi connectivity index (χ0v) is 12.3. The fraction of sp³-hybridized carbons (Fsp3) is 0.867. The quantitative estimate of drug-likeness (QED) is 0.398. The van der Waals surface area contributed by atoms with E-state index in [0.29, 0.717) is 6.42 Å². The van der Waals surface area contributed by atoms with Crippen LogP contribution in [0.15, 0.2) is 0 Å². The normalized spacial score (nSPS) is 12.3. The summed E-state index contributed by atoms with van der Waals surface area (Å²) in [6, 6.07) is 0. The molecule has 112 valence electrons. The third-order valence-corrected chi connectivity index (χ3v) is 3.49. The minimum absolute atomic E-state index is 0.0333. The molecule has 0 aliphatic carbocycles. The van der Waals surface area contributed by atoms with Gasteiger partial charge in [0.05, 0.1) is 0 Å². The largest absolute Gasteiger partial charge is 0.369 e. The molecular weight excluding hydrogens is 240 g/mol. The fourth-order valence-corrected chi connectivity index (χ4v) is 2.19. The zero-order chi connectivity index (χ0) is 14.5. The molecular formula is C15H30N2O2. The van der Waals surface area contributed by atoms with Crippen LogP contribution in [0.2, 0.25) is 0 Å². The molecule has 4 nitrogen and oxygen atoms in total. The summed E-state index contributed by atoms with van der Waals surface area (Å²) in [5, 5.41) is 0. The average molecular weight is 270 g/mol. The maximum Gasteiger partial charge on any atom is 0.229 e. The summed E-state index contributed by atoms with van der Waals surface area (Å²) < 4.78 is 0. The summed E-state index contributed by atoms with van der Waals surface area (Å²) in [5.41, 5.74) is 10.5. The minimum atomic E-state index is -0.783. The van der Waals surface area contributed by atoms with Crippen LogP contribution in [0.5, 0.6) is 0 Å². The van der Waals surface area contributed by atoms with E-state index in [1.165, 1.54) is 44.9 Å². The van der Waals surface area contributed by atoms with Crippen molar-refractivity contribution in [3.63, 3.8) is 0 Å². The Kier molecular flexibility index (Phi) is 11.6. The standard InChI is InChI=1S/C15H30N2O2/c1-2-3-4-5-6-7-8-9-10-11-14(18)13(12-16)15(17)19/h13H,2-12,16H2,1H3,(H2,17,19). The number of nitrogens with two attached hydrogens (primary N) is 2. The highest BCUT2D eigenvalue weighted by atomic mass is 16.2. The molecule has 0 aromatic carbocycles. The Hall–Kier alpha value is -0.900. The Balaban J connectivity index is 3.43. The highest BCUT2D eigenvalue weighted by Gasteiger charge is 2.21.